The van der Waals surface area contributed by atoms with Crippen LogP contribution in [0.1, 0.15) is 5.69 Å². The lowest BCUT2D eigenvalue weighted by Crippen LogP contribution is -2.08. The van der Waals surface area contributed by atoms with Crippen LogP contribution >= 0.6 is 11.6 Å². The summed E-state index contributed by atoms with van der Waals surface area (Å²) in [5.41, 5.74) is 1.13. The normalized spacial score (nSPS) is 10.5. The molecule has 0 aliphatic carbocycles. The monoisotopic (exact) mass is 390 g/mol. The van der Waals surface area contributed by atoms with Crippen molar-refractivity contribution in [1.82, 2.24) is 9.97 Å². The van der Waals surface area contributed by atoms with Crippen molar-refractivity contribution in [1.29, 1.82) is 0 Å². The Morgan fingerprint density at radius 2 is 1.85 bits per heavy atom. The van der Waals surface area contributed by atoms with Crippen molar-refractivity contribution >= 4 is 17.6 Å². The highest BCUT2D eigenvalue weighted by Gasteiger charge is 2.12. The van der Waals surface area contributed by atoms with E-state index in [0.29, 0.717) is 17.0 Å². The van der Waals surface area contributed by atoms with Crippen molar-refractivity contribution in [3.8, 4) is 22.9 Å². The highest BCUT2D eigenvalue weighted by Crippen LogP contribution is 2.27. The number of ether oxygens (including phenoxy) is 2. The lowest BCUT2D eigenvalue weighted by molar-refractivity contribution is -0.139. The van der Waals surface area contributed by atoms with E-state index in [1.54, 1.807) is 24.3 Å². The van der Waals surface area contributed by atoms with Crippen molar-refractivity contribution in [2.45, 2.75) is 6.42 Å². The molecule has 8 heteroatoms. The number of rotatable bonds is 5. The van der Waals surface area contributed by atoms with Crippen LogP contribution in [0, 0.1) is 11.6 Å². The molecule has 3 aromatic rings. The minimum Gasteiger partial charge on any atom is -0.469 e. The molecule has 27 heavy (non-hydrogen) atoms. The number of hydrogen-bond acceptors (Lipinski definition) is 5. The highest BCUT2D eigenvalue weighted by molar-refractivity contribution is 6.30. The van der Waals surface area contributed by atoms with Gasteiger partial charge in [-0.2, -0.15) is 0 Å². The Morgan fingerprint density at radius 1 is 1.11 bits per heavy atom. The summed E-state index contributed by atoms with van der Waals surface area (Å²) in [4.78, 5) is 19.3. The summed E-state index contributed by atoms with van der Waals surface area (Å²) in [6.45, 7) is 0. The Kier molecular flexibility index (Phi) is 5.61. The zero-order valence-corrected chi connectivity index (χ0v) is 14.8. The van der Waals surface area contributed by atoms with Gasteiger partial charge in [-0.25, -0.2) is 18.7 Å². The van der Waals surface area contributed by atoms with Gasteiger partial charge >= 0.3 is 5.97 Å². The van der Waals surface area contributed by atoms with Gasteiger partial charge in [0.1, 0.15) is 11.6 Å². The number of hydrogen-bond donors (Lipinski definition) is 0. The van der Waals surface area contributed by atoms with Crippen LogP contribution in [0.15, 0.2) is 48.7 Å². The van der Waals surface area contributed by atoms with Gasteiger partial charge in [0, 0.05) is 11.8 Å². The number of benzene rings is 1. The van der Waals surface area contributed by atoms with Gasteiger partial charge in [0.2, 0.25) is 0 Å². The Morgan fingerprint density at radius 3 is 2.52 bits per heavy atom. The second kappa shape index (κ2) is 8.09. The number of carbonyl (C=O) groups excluding carboxylic acids is 1. The van der Waals surface area contributed by atoms with E-state index in [-0.39, 0.29) is 23.0 Å². The second-order valence-electron chi connectivity index (χ2n) is 5.44. The molecule has 0 saturated heterocycles. The molecule has 0 aliphatic rings. The molecule has 0 fully saturated rings. The van der Waals surface area contributed by atoms with Crippen LogP contribution in [-0.4, -0.2) is 23.0 Å². The van der Waals surface area contributed by atoms with E-state index in [2.05, 4.69) is 14.7 Å². The third kappa shape index (κ3) is 4.57. The summed E-state index contributed by atoms with van der Waals surface area (Å²) in [5, 5.41) is 0.167. The number of pyridine rings is 2. The van der Waals surface area contributed by atoms with Crippen LogP contribution in [0.5, 0.6) is 11.6 Å². The molecular formula is C19H13ClF2N2O3. The summed E-state index contributed by atoms with van der Waals surface area (Å²) in [7, 11) is 1.22. The van der Waals surface area contributed by atoms with E-state index in [1.165, 1.54) is 25.4 Å². The molecule has 3 rings (SSSR count). The predicted octanol–water partition coefficient (Wildman–Crippen LogP) is 4.58. The van der Waals surface area contributed by atoms with Crippen LogP contribution in [0.25, 0.3) is 11.3 Å². The Labute approximate surface area is 158 Å². The smallest absolute Gasteiger partial charge is 0.311 e. The lowest BCUT2D eigenvalue weighted by atomic mass is 10.1. The topological polar surface area (TPSA) is 61.3 Å². The van der Waals surface area contributed by atoms with E-state index in [0.717, 1.165) is 6.07 Å². The summed E-state index contributed by atoms with van der Waals surface area (Å²) < 4.78 is 37.5. The zero-order valence-electron chi connectivity index (χ0n) is 14.1. The number of methoxy groups -OCH3 is 1. The standard InChI is InChI=1S/C19H13ClF2N2O3/c1-26-18(25)9-17-14(21)6-7-16(24-17)11-2-4-13(5-3-11)27-19-15(22)8-12(20)10-23-19/h2-8,10H,9H2,1H3. The van der Waals surface area contributed by atoms with Crippen LogP contribution in [0.3, 0.4) is 0 Å². The largest absolute Gasteiger partial charge is 0.469 e. The van der Waals surface area contributed by atoms with Crippen molar-refractivity contribution in [3.05, 3.63) is 71.0 Å². The second-order valence-corrected chi connectivity index (χ2v) is 5.88. The van der Waals surface area contributed by atoms with E-state index in [9.17, 15) is 13.6 Å². The first kappa shape index (κ1) is 18.7. The number of esters is 1. The summed E-state index contributed by atoms with van der Waals surface area (Å²) >= 11 is 5.65. The molecule has 0 saturated carbocycles. The maximum Gasteiger partial charge on any atom is 0.311 e. The first-order valence-electron chi connectivity index (χ1n) is 7.78. The van der Waals surface area contributed by atoms with E-state index in [1.807, 2.05) is 0 Å². The van der Waals surface area contributed by atoms with E-state index < -0.39 is 17.6 Å². The lowest BCUT2D eigenvalue weighted by Gasteiger charge is -2.08. The minimum absolute atomic E-state index is 0.00730. The van der Waals surface area contributed by atoms with Crippen LogP contribution in [-0.2, 0) is 16.0 Å². The first-order chi connectivity index (χ1) is 13.0. The minimum atomic E-state index is -0.681. The SMILES string of the molecule is COC(=O)Cc1nc(-c2ccc(Oc3ncc(Cl)cc3F)cc2)ccc1F. The van der Waals surface area contributed by atoms with Gasteiger partial charge < -0.3 is 9.47 Å². The van der Waals surface area contributed by atoms with Crippen molar-refractivity contribution < 1.29 is 23.0 Å². The van der Waals surface area contributed by atoms with Gasteiger partial charge in [-0.15, -0.1) is 0 Å². The summed E-state index contributed by atoms with van der Waals surface area (Å²) in [5.74, 6) is -1.70. The Balaban J connectivity index is 1.81. The fourth-order valence-corrected chi connectivity index (χ4v) is 2.41. The average Bonchev–Trinajstić information content (AvgIpc) is 2.66. The fourth-order valence-electron chi connectivity index (χ4n) is 2.26. The molecule has 0 aliphatic heterocycles. The van der Waals surface area contributed by atoms with Gasteiger partial charge in [0.05, 0.1) is 29.9 Å². The predicted molar refractivity (Wildman–Crippen MR) is 94.6 cm³/mol. The number of carbonyl (C=O) groups is 1. The van der Waals surface area contributed by atoms with Crippen LogP contribution in [0.4, 0.5) is 8.78 Å². The molecule has 0 N–H and O–H groups in total. The van der Waals surface area contributed by atoms with Gasteiger partial charge in [-0.1, -0.05) is 11.6 Å². The third-order valence-corrected chi connectivity index (χ3v) is 3.80. The third-order valence-electron chi connectivity index (χ3n) is 3.60. The molecule has 1 aromatic carbocycles. The molecule has 0 spiro atoms. The molecule has 0 amide bonds. The van der Waals surface area contributed by atoms with Gasteiger partial charge in [0.25, 0.3) is 5.88 Å². The molecule has 5 nitrogen and oxygen atoms in total. The van der Waals surface area contributed by atoms with Gasteiger partial charge in [0.15, 0.2) is 5.82 Å². The van der Waals surface area contributed by atoms with E-state index >= 15 is 0 Å². The highest BCUT2D eigenvalue weighted by atomic mass is 35.5. The summed E-state index contributed by atoms with van der Waals surface area (Å²) in [6, 6.07) is 10.4. The number of nitrogens with zero attached hydrogens (tertiary/aromatic N) is 2. The molecule has 0 radical (unpaired) electrons. The maximum absolute atomic E-state index is 13.8. The van der Waals surface area contributed by atoms with Crippen molar-refractivity contribution in [2.75, 3.05) is 7.11 Å². The molecule has 138 valence electrons. The number of aromatic nitrogens is 2. The van der Waals surface area contributed by atoms with Gasteiger partial charge in [-0.3, -0.25) is 4.79 Å². The molecule has 0 unspecified atom stereocenters. The maximum atomic E-state index is 13.8. The molecule has 2 aromatic heterocycles. The molecule has 0 atom stereocenters. The summed E-state index contributed by atoms with van der Waals surface area (Å²) in [6.07, 6.45) is 1.01. The average molecular weight is 391 g/mol. The molecule has 2 heterocycles. The quantitative estimate of drug-likeness (QED) is 0.596. The Hall–Kier alpha value is -3.06. The van der Waals surface area contributed by atoms with Crippen LogP contribution < -0.4 is 4.74 Å². The molecule has 0 bridgehead atoms. The zero-order chi connectivity index (χ0) is 19.4. The van der Waals surface area contributed by atoms with E-state index in [4.69, 9.17) is 16.3 Å². The van der Waals surface area contributed by atoms with Crippen LogP contribution in [0.2, 0.25) is 5.02 Å². The van der Waals surface area contributed by atoms with Crippen molar-refractivity contribution in [2.24, 2.45) is 0 Å². The molecular weight excluding hydrogens is 378 g/mol. The fraction of sp³-hybridized carbons (Fsp3) is 0.105. The number of halogens is 3. The first-order valence-corrected chi connectivity index (χ1v) is 8.15. The van der Waals surface area contributed by atoms with Gasteiger partial charge in [-0.05, 0) is 42.5 Å². The van der Waals surface area contributed by atoms with Crippen molar-refractivity contribution in [3.63, 3.8) is 0 Å². The Bertz CT molecular complexity index is 981.